The van der Waals surface area contributed by atoms with Gasteiger partial charge in [-0.25, -0.2) is 0 Å². The van der Waals surface area contributed by atoms with E-state index in [1.165, 1.54) is 44.9 Å². The Morgan fingerprint density at radius 3 is 1.81 bits per heavy atom. The molecule has 0 spiro atoms. The van der Waals surface area contributed by atoms with Crippen molar-refractivity contribution in [3.05, 3.63) is 0 Å². The average molecular weight is 227 g/mol. The molecule has 0 aromatic carbocycles. The van der Waals surface area contributed by atoms with E-state index in [4.69, 9.17) is 0 Å². The van der Waals surface area contributed by atoms with E-state index in [0.717, 1.165) is 12.0 Å². The van der Waals surface area contributed by atoms with Crippen molar-refractivity contribution in [2.75, 3.05) is 0 Å². The summed E-state index contributed by atoms with van der Waals surface area (Å²) in [6.45, 7) is 11.5. The maximum atomic E-state index is 3.79. The van der Waals surface area contributed by atoms with Crippen LogP contribution in [0.1, 0.15) is 79.6 Å². The lowest BCUT2D eigenvalue weighted by Gasteiger charge is -2.23. The summed E-state index contributed by atoms with van der Waals surface area (Å²) in [7, 11) is 0. The molecular formula is C15H33N. The van der Waals surface area contributed by atoms with Crippen molar-refractivity contribution in [1.82, 2.24) is 5.32 Å². The lowest BCUT2D eigenvalue weighted by molar-refractivity contribution is 0.371. The molecule has 16 heavy (non-hydrogen) atoms. The van der Waals surface area contributed by atoms with Gasteiger partial charge in [0.1, 0.15) is 0 Å². The summed E-state index contributed by atoms with van der Waals surface area (Å²) >= 11 is 0. The third-order valence-electron chi connectivity index (χ3n) is 3.21. The maximum Gasteiger partial charge on any atom is 0.00693 e. The zero-order valence-electron chi connectivity index (χ0n) is 12.2. The van der Waals surface area contributed by atoms with E-state index in [0.29, 0.717) is 6.04 Å². The van der Waals surface area contributed by atoms with Gasteiger partial charge in [-0.15, -0.1) is 0 Å². The summed E-state index contributed by atoms with van der Waals surface area (Å²) in [6.07, 6.45) is 9.36. The minimum Gasteiger partial charge on any atom is -0.312 e. The first kappa shape index (κ1) is 16.0. The summed E-state index contributed by atoms with van der Waals surface area (Å²) < 4.78 is 0. The Labute approximate surface area is 103 Å². The molecule has 0 saturated carbocycles. The van der Waals surface area contributed by atoms with Gasteiger partial charge in [0.2, 0.25) is 0 Å². The van der Waals surface area contributed by atoms with E-state index in [2.05, 4.69) is 39.9 Å². The molecule has 0 aromatic rings. The fraction of sp³-hybridized carbons (Fsp3) is 1.00. The molecule has 1 heteroatoms. The minimum absolute atomic E-state index is 0.696. The Morgan fingerprint density at radius 1 is 0.812 bits per heavy atom. The molecule has 0 aromatic heterocycles. The zero-order chi connectivity index (χ0) is 12.4. The van der Waals surface area contributed by atoms with Gasteiger partial charge in [-0.2, -0.15) is 0 Å². The molecule has 0 aliphatic carbocycles. The lowest BCUT2D eigenvalue weighted by Crippen LogP contribution is -2.36. The van der Waals surface area contributed by atoms with E-state index in [-0.39, 0.29) is 0 Å². The normalized spacial score (nSPS) is 13.7. The molecule has 1 unspecified atom stereocenters. The van der Waals surface area contributed by atoms with Crippen molar-refractivity contribution in [3.8, 4) is 0 Å². The van der Waals surface area contributed by atoms with Crippen LogP contribution in [-0.4, -0.2) is 12.1 Å². The molecule has 0 heterocycles. The monoisotopic (exact) mass is 227 g/mol. The topological polar surface area (TPSA) is 12.0 Å². The van der Waals surface area contributed by atoms with Crippen molar-refractivity contribution in [2.45, 2.75) is 91.6 Å². The second-order valence-electron chi connectivity index (χ2n) is 5.67. The zero-order valence-corrected chi connectivity index (χ0v) is 12.2. The highest BCUT2D eigenvalue weighted by Gasteiger charge is 2.10. The Morgan fingerprint density at radius 2 is 1.38 bits per heavy atom. The Kier molecular flexibility index (Phi) is 10.1. The van der Waals surface area contributed by atoms with E-state index in [9.17, 15) is 0 Å². The largest absolute Gasteiger partial charge is 0.312 e. The van der Waals surface area contributed by atoms with Gasteiger partial charge in [0.05, 0.1) is 0 Å². The first-order valence-corrected chi connectivity index (χ1v) is 7.36. The Balaban J connectivity index is 3.67. The van der Waals surface area contributed by atoms with E-state index < -0.39 is 0 Å². The molecule has 0 amide bonds. The van der Waals surface area contributed by atoms with Crippen LogP contribution in [0.15, 0.2) is 0 Å². The smallest absolute Gasteiger partial charge is 0.00693 e. The van der Waals surface area contributed by atoms with Crippen LogP contribution >= 0.6 is 0 Å². The molecule has 1 nitrogen and oxygen atoms in total. The highest BCUT2D eigenvalue weighted by molar-refractivity contribution is 4.71. The van der Waals surface area contributed by atoms with Gasteiger partial charge in [0.15, 0.2) is 0 Å². The molecule has 1 atom stereocenters. The van der Waals surface area contributed by atoms with Crippen LogP contribution in [0, 0.1) is 5.92 Å². The van der Waals surface area contributed by atoms with Gasteiger partial charge in [0, 0.05) is 12.1 Å². The number of hydrogen-bond acceptors (Lipinski definition) is 1. The van der Waals surface area contributed by atoms with E-state index >= 15 is 0 Å². The number of nitrogens with one attached hydrogen (secondary N) is 1. The lowest BCUT2D eigenvalue weighted by atomic mass is 10.0. The van der Waals surface area contributed by atoms with E-state index in [1.807, 2.05) is 0 Å². The molecule has 0 fully saturated rings. The van der Waals surface area contributed by atoms with Crippen LogP contribution in [0.5, 0.6) is 0 Å². The molecule has 0 bridgehead atoms. The highest BCUT2D eigenvalue weighted by atomic mass is 14.9. The van der Waals surface area contributed by atoms with Crippen LogP contribution in [0.4, 0.5) is 0 Å². The fourth-order valence-corrected chi connectivity index (χ4v) is 2.33. The Bertz CT molecular complexity index is 136. The molecule has 1 N–H and O–H groups in total. The van der Waals surface area contributed by atoms with Gasteiger partial charge in [0.25, 0.3) is 0 Å². The van der Waals surface area contributed by atoms with Crippen molar-refractivity contribution in [2.24, 2.45) is 5.92 Å². The maximum absolute atomic E-state index is 3.79. The first-order valence-electron chi connectivity index (χ1n) is 7.36. The second-order valence-corrected chi connectivity index (χ2v) is 5.67. The van der Waals surface area contributed by atoms with Crippen LogP contribution in [0.2, 0.25) is 0 Å². The fourth-order valence-electron chi connectivity index (χ4n) is 2.33. The summed E-state index contributed by atoms with van der Waals surface area (Å²) in [6, 6.07) is 1.45. The molecule has 0 radical (unpaired) electrons. The third-order valence-corrected chi connectivity index (χ3v) is 3.21. The molecule has 0 aliphatic heterocycles. The Hall–Kier alpha value is -0.0400. The minimum atomic E-state index is 0.696. The molecular weight excluding hydrogens is 194 g/mol. The van der Waals surface area contributed by atoms with Crippen LogP contribution in [-0.2, 0) is 0 Å². The highest BCUT2D eigenvalue weighted by Crippen LogP contribution is 2.11. The van der Waals surface area contributed by atoms with Crippen LogP contribution < -0.4 is 5.32 Å². The van der Waals surface area contributed by atoms with Gasteiger partial charge in [-0.3, -0.25) is 0 Å². The van der Waals surface area contributed by atoms with Gasteiger partial charge in [-0.05, 0) is 32.1 Å². The van der Waals surface area contributed by atoms with Gasteiger partial charge in [-0.1, -0.05) is 53.4 Å². The second kappa shape index (κ2) is 10.1. The number of hydrogen-bond donors (Lipinski definition) is 1. The van der Waals surface area contributed by atoms with Crippen molar-refractivity contribution in [1.29, 1.82) is 0 Å². The molecule has 0 rings (SSSR count). The third kappa shape index (κ3) is 9.21. The standard InChI is InChI=1S/C15H33N/c1-6-9-15(10-7-2)16-14(5)12-8-11-13(3)4/h13-16H,6-12H2,1-5H3. The van der Waals surface area contributed by atoms with E-state index in [1.54, 1.807) is 0 Å². The first-order chi connectivity index (χ1) is 7.60. The summed E-state index contributed by atoms with van der Waals surface area (Å²) in [5.74, 6) is 0.856. The SMILES string of the molecule is CCCC(CCC)NC(C)CCCC(C)C. The molecule has 98 valence electrons. The summed E-state index contributed by atoms with van der Waals surface area (Å²) in [5.41, 5.74) is 0. The molecule has 0 aliphatic rings. The summed E-state index contributed by atoms with van der Waals surface area (Å²) in [4.78, 5) is 0. The van der Waals surface area contributed by atoms with Crippen molar-refractivity contribution >= 4 is 0 Å². The van der Waals surface area contributed by atoms with Crippen LogP contribution in [0.3, 0.4) is 0 Å². The average Bonchev–Trinajstić information content (AvgIpc) is 2.17. The van der Waals surface area contributed by atoms with Crippen molar-refractivity contribution < 1.29 is 0 Å². The quantitative estimate of drug-likeness (QED) is 0.567. The molecule has 0 saturated heterocycles. The van der Waals surface area contributed by atoms with Crippen LogP contribution in [0.25, 0.3) is 0 Å². The summed E-state index contributed by atoms with van der Waals surface area (Å²) in [5, 5.41) is 3.79. The predicted molar refractivity (Wildman–Crippen MR) is 74.9 cm³/mol. The number of rotatable bonds is 10. The van der Waals surface area contributed by atoms with Gasteiger partial charge < -0.3 is 5.32 Å². The predicted octanol–water partition coefficient (Wildman–Crippen LogP) is 4.76. The van der Waals surface area contributed by atoms with Gasteiger partial charge >= 0.3 is 0 Å². The van der Waals surface area contributed by atoms with Crippen molar-refractivity contribution in [3.63, 3.8) is 0 Å².